The lowest BCUT2D eigenvalue weighted by Crippen LogP contribution is -2.09. The maximum atomic E-state index is 13.3. The average molecular weight is 360 g/mol. The minimum absolute atomic E-state index is 0.292. The molecule has 0 amide bonds. The topological polar surface area (TPSA) is 26.3 Å². The SMILES string of the molecule is O=C(Oc1ccc(F)cc1F)c1ccc(I)cc1. The molecule has 0 aliphatic heterocycles. The smallest absolute Gasteiger partial charge is 0.343 e. The second-order valence-corrected chi connectivity index (χ2v) is 4.72. The summed E-state index contributed by atoms with van der Waals surface area (Å²) in [6.07, 6.45) is 0. The van der Waals surface area contributed by atoms with Crippen LogP contribution in [0.4, 0.5) is 8.78 Å². The van der Waals surface area contributed by atoms with Crippen LogP contribution >= 0.6 is 22.6 Å². The molecule has 0 atom stereocenters. The number of rotatable bonds is 2. The summed E-state index contributed by atoms with van der Waals surface area (Å²) in [5.74, 6) is -2.60. The van der Waals surface area contributed by atoms with Crippen LogP contribution in [-0.2, 0) is 0 Å². The van der Waals surface area contributed by atoms with Crippen LogP contribution in [0.1, 0.15) is 10.4 Å². The Kier molecular flexibility index (Phi) is 3.90. The Bertz CT molecular complexity index is 582. The van der Waals surface area contributed by atoms with Gasteiger partial charge in [0.25, 0.3) is 0 Å². The number of carbonyl (C=O) groups excluding carboxylic acids is 1. The Labute approximate surface area is 116 Å². The van der Waals surface area contributed by atoms with Crippen LogP contribution in [0.15, 0.2) is 42.5 Å². The van der Waals surface area contributed by atoms with Crippen molar-refractivity contribution < 1.29 is 18.3 Å². The van der Waals surface area contributed by atoms with E-state index in [-0.39, 0.29) is 5.75 Å². The molecule has 0 fully saturated rings. The molecule has 0 heterocycles. The number of benzene rings is 2. The van der Waals surface area contributed by atoms with E-state index in [2.05, 4.69) is 22.6 Å². The molecule has 0 aliphatic carbocycles. The zero-order valence-electron chi connectivity index (χ0n) is 8.99. The first kappa shape index (κ1) is 12.9. The molecule has 0 aliphatic rings. The minimum atomic E-state index is -0.908. The molecular formula is C13H7F2IO2. The van der Waals surface area contributed by atoms with Crippen LogP contribution in [0.5, 0.6) is 5.75 Å². The number of hydrogen-bond acceptors (Lipinski definition) is 2. The van der Waals surface area contributed by atoms with Crippen molar-refractivity contribution in [2.75, 3.05) is 0 Å². The van der Waals surface area contributed by atoms with Gasteiger partial charge in [-0.3, -0.25) is 0 Å². The lowest BCUT2D eigenvalue weighted by Gasteiger charge is -2.05. The normalized spacial score (nSPS) is 10.2. The number of ether oxygens (including phenoxy) is 1. The first-order chi connectivity index (χ1) is 8.56. The summed E-state index contributed by atoms with van der Waals surface area (Å²) >= 11 is 2.10. The van der Waals surface area contributed by atoms with E-state index in [1.165, 1.54) is 0 Å². The minimum Gasteiger partial charge on any atom is -0.420 e. The highest BCUT2D eigenvalue weighted by atomic mass is 127. The highest BCUT2D eigenvalue weighted by molar-refractivity contribution is 14.1. The van der Waals surface area contributed by atoms with Crippen molar-refractivity contribution in [2.24, 2.45) is 0 Å². The van der Waals surface area contributed by atoms with Crippen LogP contribution in [0.25, 0.3) is 0 Å². The molecule has 0 saturated carbocycles. The lowest BCUT2D eigenvalue weighted by molar-refractivity contribution is 0.0727. The van der Waals surface area contributed by atoms with Gasteiger partial charge in [0.2, 0.25) is 0 Å². The Hall–Kier alpha value is -1.50. The van der Waals surface area contributed by atoms with Gasteiger partial charge in [0.15, 0.2) is 11.6 Å². The van der Waals surface area contributed by atoms with E-state index in [0.717, 1.165) is 15.7 Å². The van der Waals surface area contributed by atoms with Crippen LogP contribution in [0, 0.1) is 15.2 Å². The Morgan fingerprint density at radius 1 is 1.06 bits per heavy atom. The maximum Gasteiger partial charge on any atom is 0.343 e. The molecule has 18 heavy (non-hydrogen) atoms. The highest BCUT2D eigenvalue weighted by Crippen LogP contribution is 2.19. The Morgan fingerprint density at radius 3 is 2.33 bits per heavy atom. The molecule has 2 rings (SSSR count). The number of esters is 1. The van der Waals surface area contributed by atoms with Crippen molar-refractivity contribution >= 4 is 28.6 Å². The monoisotopic (exact) mass is 360 g/mol. The predicted molar refractivity (Wildman–Crippen MR) is 70.5 cm³/mol. The van der Waals surface area contributed by atoms with E-state index in [1.807, 2.05) is 0 Å². The van der Waals surface area contributed by atoms with E-state index in [9.17, 15) is 13.6 Å². The summed E-state index contributed by atoms with van der Waals surface area (Å²) in [6.45, 7) is 0. The third-order valence-electron chi connectivity index (χ3n) is 2.18. The van der Waals surface area contributed by atoms with Gasteiger partial charge in [0.05, 0.1) is 5.56 Å². The van der Waals surface area contributed by atoms with Gasteiger partial charge in [-0.25, -0.2) is 13.6 Å². The summed E-state index contributed by atoms with van der Waals surface area (Å²) in [4.78, 5) is 11.7. The molecule has 0 aromatic heterocycles. The summed E-state index contributed by atoms with van der Waals surface area (Å²) in [5, 5.41) is 0. The fourth-order valence-electron chi connectivity index (χ4n) is 1.30. The first-order valence-electron chi connectivity index (χ1n) is 4.99. The van der Waals surface area contributed by atoms with E-state index in [1.54, 1.807) is 24.3 Å². The molecule has 0 saturated heterocycles. The zero-order valence-corrected chi connectivity index (χ0v) is 11.1. The van der Waals surface area contributed by atoms with Crippen molar-refractivity contribution in [3.63, 3.8) is 0 Å². The molecule has 5 heteroatoms. The van der Waals surface area contributed by atoms with Crippen LogP contribution < -0.4 is 4.74 Å². The quantitative estimate of drug-likeness (QED) is 0.463. The van der Waals surface area contributed by atoms with Gasteiger partial charge in [0.1, 0.15) is 5.82 Å². The van der Waals surface area contributed by atoms with Crippen molar-refractivity contribution in [1.29, 1.82) is 0 Å². The van der Waals surface area contributed by atoms with Gasteiger partial charge in [-0.05, 0) is 59.0 Å². The number of halogens is 3. The van der Waals surface area contributed by atoms with Crippen molar-refractivity contribution in [3.05, 3.63) is 63.2 Å². The maximum absolute atomic E-state index is 13.3. The molecule has 2 nitrogen and oxygen atoms in total. The molecule has 0 bridgehead atoms. The first-order valence-corrected chi connectivity index (χ1v) is 6.07. The molecule has 0 unspecified atom stereocenters. The molecule has 0 radical (unpaired) electrons. The zero-order chi connectivity index (χ0) is 13.1. The van der Waals surface area contributed by atoms with Crippen LogP contribution in [0.3, 0.4) is 0 Å². The summed E-state index contributed by atoms with van der Waals surface area (Å²) in [5.41, 5.74) is 0.305. The summed E-state index contributed by atoms with van der Waals surface area (Å²) in [6, 6.07) is 9.39. The van der Waals surface area contributed by atoms with Gasteiger partial charge in [-0.1, -0.05) is 0 Å². The fraction of sp³-hybridized carbons (Fsp3) is 0. The van der Waals surface area contributed by atoms with Gasteiger partial charge in [0, 0.05) is 9.64 Å². The largest absolute Gasteiger partial charge is 0.420 e. The predicted octanol–water partition coefficient (Wildman–Crippen LogP) is 3.79. The van der Waals surface area contributed by atoms with Crippen LogP contribution in [-0.4, -0.2) is 5.97 Å². The number of hydrogen-bond donors (Lipinski definition) is 0. The summed E-state index contributed by atoms with van der Waals surface area (Å²) in [7, 11) is 0. The second-order valence-electron chi connectivity index (χ2n) is 3.47. The van der Waals surface area contributed by atoms with Gasteiger partial charge < -0.3 is 4.74 Å². The van der Waals surface area contributed by atoms with Gasteiger partial charge in [-0.2, -0.15) is 0 Å². The van der Waals surface area contributed by atoms with E-state index >= 15 is 0 Å². The molecule has 92 valence electrons. The van der Waals surface area contributed by atoms with E-state index in [0.29, 0.717) is 11.6 Å². The Balaban J connectivity index is 2.18. The molecule has 2 aromatic rings. The Morgan fingerprint density at radius 2 is 1.72 bits per heavy atom. The van der Waals surface area contributed by atoms with Gasteiger partial charge >= 0.3 is 5.97 Å². The molecule has 0 spiro atoms. The molecular weight excluding hydrogens is 353 g/mol. The fourth-order valence-corrected chi connectivity index (χ4v) is 1.66. The van der Waals surface area contributed by atoms with E-state index < -0.39 is 17.6 Å². The second kappa shape index (κ2) is 5.43. The number of carbonyl (C=O) groups is 1. The van der Waals surface area contributed by atoms with Crippen molar-refractivity contribution in [1.82, 2.24) is 0 Å². The summed E-state index contributed by atoms with van der Waals surface area (Å²) < 4.78 is 31.8. The third-order valence-corrected chi connectivity index (χ3v) is 2.90. The standard InChI is InChI=1S/C13H7F2IO2/c14-9-3-6-12(11(15)7-9)18-13(17)8-1-4-10(16)5-2-8/h1-7H. The lowest BCUT2D eigenvalue weighted by atomic mass is 10.2. The van der Waals surface area contributed by atoms with Crippen molar-refractivity contribution in [2.45, 2.75) is 0 Å². The van der Waals surface area contributed by atoms with Gasteiger partial charge in [-0.15, -0.1) is 0 Å². The highest BCUT2D eigenvalue weighted by Gasteiger charge is 2.12. The van der Waals surface area contributed by atoms with Crippen molar-refractivity contribution in [3.8, 4) is 5.75 Å². The molecule has 2 aromatic carbocycles. The third kappa shape index (κ3) is 3.04. The van der Waals surface area contributed by atoms with Crippen LogP contribution in [0.2, 0.25) is 0 Å². The molecule has 0 N–H and O–H groups in total. The average Bonchev–Trinajstić information content (AvgIpc) is 2.33. The van der Waals surface area contributed by atoms with E-state index in [4.69, 9.17) is 4.74 Å².